The van der Waals surface area contributed by atoms with Crippen molar-refractivity contribution in [2.24, 2.45) is 0 Å². The van der Waals surface area contributed by atoms with Crippen molar-refractivity contribution in [2.45, 2.75) is 39.3 Å². The van der Waals surface area contributed by atoms with Gasteiger partial charge in [-0.15, -0.1) is 0 Å². The number of hydrogen-bond acceptors (Lipinski definition) is 5. The average Bonchev–Trinajstić information content (AvgIpc) is 3.25. The molecule has 2 fully saturated rings. The van der Waals surface area contributed by atoms with Gasteiger partial charge in [0.05, 0.1) is 5.69 Å². The van der Waals surface area contributed by atoms with Crippen LogP contribution in [0.15, 0.2) is 10.6 Å². The van der Waals surface area contributed by atoms with Gasteiger partial charge in [0.2, 0.25) is 0 Å². The minimum atomic E-state index is 0.0676. The summed E-state index contributed by atoms with van der Waals surface area (Å²) in [6.45, 7) is 11.2. The summed E-state index contributed by atoms with van der Waals surface area (Å²) in [5.41, 5.74) is 0.963. The molecule has 1 atom stereocenters. The molecule has 0 aromatic carbocycles. The van der Waals surface area contributed by atoms with Crippen LogP contribution >= 0.6 is 0 Å². The largest absolute Gasteiger partial charge is 0.361 e. The molecule has 24 heavy (non-hydrogen) atoms. The smallest absolute Gasteiger partial charge is 0.317 e. The molecule has 0 saturated carbocycles. The molecule has 0 radical (unpaired) electrons. The number of carbonyl (C=O) groups is 1. The Balaban J connectivity index is 1.37. The van der Waals surface area contributed by atoms with E-state index in [9.17, 15) is 4.79 Å². The lowest BCUT2D eigenvalue weighted by Crippen LogP contribution is -2.53. The number of amides is 2. The Labute approximate surface area is 143 Å². The third-order valence-corrected chi connectivity index (χ3v) is 5.03. The summed E-state index contributed by atoms with van der Waals surface area (Å²) < 4.78 is 5.11. The summed E-state index contributed by atoms with van der Waals surface area (Å²) in [5.74, 6) is 0.843. The summed E-state index contributed by atoms with van der Waals surface area (Å²) in [4.78, 5) is 19.0. The topological polar surface area (TPSA) is 64.8 Å². The van der Waals surface area contributed by atoms with Crippen LogP contribution in [0.2, 0.25) is 0 Å². The minimum Gasteiger partial charge on any atom is -0.361 e. The molecule has 0 spiro atoms. The quantitative estimate of drug-likeness (QED) is 0.878. The minimum absolute atomic E-state index is 0.0676. The van der Waals surface area contributed by atoms with Crippen LogP contribution in [-0.4, -0.2) is 77.7 Å². The molecule has 2 aliphatic heterocycles. The first-order valence-corrected chi connectivity index (χ1v) is 9.03. The van der Waals surface area contributed by atoms with Crippen molar-refractivity contribution in [1.29, 1.82) is 0 Å². The van der Waals surface area contributed by atoms with E-state index in [1.807, 2.05) is 17.9 Å². The van der Waals surface area contributed by atoms with Crippen LogP contribution in [0.25, 0.3) is 0 Å². The second-order valence-electron chi connectivity index (χ2n) is 6.97. The van der Waals surface area contributed by atoms with Gasteiger partial charge in [0.15, 0.2) is 0 Å². The Morgan fingerprint density at radius 1 is 1.25 bits per heavy atom. The molecule has 1 N–H and O–H groups in total. The third kappa shape index (κ3) is 4.48. The van der Waals surface area contributed by atoms with E-state index in [0.29, 0.717) is 6.04 Å². The van der Waals surface area contributed by atoms with Gasteiger partial charge in [0, 0.05) is 51.4 Å². The van der Waals surface area contributed by atoms with E-state index >= 15 is 0 Å². The lowest BCUT2D eigenvalue weighted by molar-refractivity contribution is 0.131. The Morgan fingerprint density at radius 3 is 2.58 bits per heavy atom. The highest BCUT2D eigenvalue weighted by atomic mass is 16.5. The Bertz CT molecular complexity index is 533. The van der Waals surface area contributed by atoms with Crippen molar-refractivity contribution in [3.8, 4) is 0 Å². The number of urea groups is 1. The molecule has 134 valence electrons. The van der Waals surface area contributed by atoms with Gasteiger partial charge >= 0.3 is 6.03 Å². The van der Waals surface area contributed by atoms with Gasteiger partial charge in [-0.25, -0.2) is 4.79 Å². The van der Waals surface area contributed by atoms with Crippen LogP contribution in [0.1, 0.15) is 31.2 Å². The van der Waals surface area contributed by atoms with Gasteiger partial charge in [-0.3, -0.25) is 9.80 Å². The highest BCUT2D eigenvalue weighted by Gasteiger charge is 2.23. The lowest BCUT2D eigenvalue weighted by atomic mass is 10.3. The standard InChI is InChI=1S/C17H29N5O2/c1-14(21-5-3-4-6-21)12-18-17(23)22-9-7-20(8-10-22)13-16-11-15(2)24-19-16/h11,14H,3-10,12-13H2,1-2H3,(H,18,23). The molecule has 3 rings (SSSR count). The predicted molar refractivity (Wildman–Crippen MR) is 91.8 cm³/mol. The highest BCUT2D eigenvalue weighted by molar-refractivity contribution is 5.74. The molecule has 2 saturated heterocycles. The average molecular weight is 335 g/mol. The van der Waals surface area contributed by atoms with Crippen molar-refractivity contribution in [2.75, 3.05) is 45.8 Å². The number of aryl methyl sites for hydroxylation is 1. The highest BCUT2D eigenvalue weighted by Crippen LogP contribution is 2.11. The molecule has 2 aliphatic rings. The van der Waals surface area contributed by atoms with Gasteiger partial charge in [-0.2, -0.15) is 0 Å². The maximum absolute atomic E-state index is 12.3. The van der Waals surface area contributed by atoms with Crippen molar-refractivity contribution in [3.05, 3.63) is 17.5 Å². The molecule has 1 aromatic heterocycles. The predicted octanol–water partition coefficient (Wildman–Crippen LogP) is 1.29. The molecule has 7 nitrogen and oxygen atoms in total. The van der Waals surface area contributed by atoms with E-state index in [4.69, 9.17) is 4.52 Å². The third-order valence-electron chi connectivity index (χ3n) is 5.03. The van der Waals surface area contributed by atoms with Gasteiger partial charge in [0.25, 0.3) is 0 Å². The van der Waals surface area contributed by atoms with E-state index < -0.39 is 0 Å². The SMILES string of the molecule is Cc1cc(CN2CCN(C(=O)NCC(C)N3CCCC3)CC2)no1. The van der Waals surface area contributed by atoms with Crippen molar-refractivity contribution in [3.63, 3.8) is 0 Å². The molecular formula is C17H29N5O2. The van der Waals surface area contributed by atoms with Gasteiger partial charge in [0.1, 0.15) is 5.76 Å². The summed E-state index contributed by atoms with van der Waals surface area (Å²) in [5, 5.41) is 7.13. The fourth-order valence-corrected chi connectivity index (χ4v) is 3.49. The van der Waals surface area contributed by atoms with Gasteiger partial charge in [-0.1, -0.05) is 5.16 Å². The molecule has 7 heteroatoms. The number of likely N-dealkylation sites (tertiary alicyclic amines) is 1. The van der Waals surface area contributed by atoms with E-state index in [-0.39, 0.29) is 6.03 Å². The van der Waals surface area contributed by atoms with E-state index in [1.54, 1.807) is 0 Å². The first-order chi connectivity index (χ1) is 11.6. The Kier molecular flexibility index (Phi) is 5.73. The van der Waals surface area contributed by atoms with Crippen LogP contribution in [0.4, 0.5) is 4.79 Å². The maximum Gasteiger partial charge on any atom is 0.317 e. The summed E-state index contributed by atoms with van der Waals surface area (Å²) in [6.07, 6.45) is 2.57. The molecule has 1 aromatic rings. The summed E-state index contributed by atoms with van der Waals surface area (Å²) >= 11 is 0. The zero-order chi connectivity index (χ0) is 16.9. The second kappa shape index (κ2) is 7.98. The number of aromatic nitrogens is 1. The first kappa shape index (κ1) is 17.2. The Hall–Kier alpha value is -1.60. The molecule has 0 aliphatic carbocycles. The summed E-state index contributed by atoms with van der Waals surface area (Å²) in [6, 6.07) is 2.46. The fraction of sp³-hybridized carbons (Fsp3) is 0.765. The molecule has 3 heterocycles. The van der Waals surface area contributed by atoms with Crippen molar-refractivity contribution < 1.29 is 9.32 Å². The number of piperazine rings is 1. The lowest BCUT2D eigenvalue weighted by Gasteiger charge is -2.34. The van der Waals surface area contributed by atoms with Gasteiger partial charge < -0.3 is 14.7 Å². The second-order valence-corrected chi connectivity index (χ2v) is 6.97. The zero-order valence-corrected chi connectivity index (χ0v) is 14.8. The molecule has 1 unspecified atom stereocenters. The fourth-order valence-electron chi connectivity index (χ4n) is 3.49. The summed E-state index contributed by atoms with van der Waals surface area (Å²) in [7, 11) is 0. The monoisotopic (exact) mass is 335 g/mol. The van der Waals surface area contributed by atoms with E-state index in [2.05, 4.69) is 27.2 Å². The molecule has 2 amide bonds. The Morgan fingerprint density at radius 2 is 1.96 bits per heavy atom. The van der Waals surface area contributed by atoms with Crippen LogP contribution in [-0.2, 0) is 6.54 Å². The van der Waals surface area contributed by atoms with E-state index in [1.165, 1.54) is 12.8 Å². The number of nitrogens with one attached hydrogen (secondary N) is 1. The van der Waals surface area contributed by atoms with Crippen molar-refractivity contribution in [1.82, 2.24) is 25.2 Å². The number of nitrogens with zero attached hydrogens (tertiary/aromatic N) is 4. The number of rotatable bonds is 5. The van der Waals surface area contributed by atoms with Crippen LogP contribution in [0, 0.1) is 6.92 Å². The van der Waals surface area contributed by atoms with Gasteiger partial charge in [-0.05, 0) is 39.8 Å². The molecular weight excluding hydrogens is 306 g/mol. The zero-order valence-electron chi connectivity index (χ0n) is 14.8. The van der Waals surface area contributed by atoms with Crippen LogP contribution < -0.4 is 5.32 Å². The number of hydrogen-bond donors (Lipinski definition) is 1. The molecule has 0 bridgehead atoms. The number of carbonyl (C=O) groups excluding carboxylic acids is 1. The maximum atomic E-state index is 12.3. The van der Waals surface area contributed by atoms with E-state index in [0.717, 1.165) is 63.8 Å². The normalized spacial score (nSPS) is 21.2. The first-order valence-electron chi connectivity index (χ1n) is 9.03. The van der Waals surface area contributed by atoms with Crippen LogP contribution in [0.3, 0.4) is 0 Å². The van der Waals surface area contributed by atoms with Crippen LogP contribution in [0.5, 0.6) is 0 Å². The van der Waals surface area contributed by atoms with Crippen molar-refractivity contribution >= 4 is 6.03 Å².